The molecule has 0 saturated heterocycles. The fraction of sp³-hybridized carbons (Fsp3) is 0.100. The molecule has 0 spiro atoms. The average molecular weight is 346 g/mol. The SMILES string of the molecule is CC(=O)O.NC(=NBr)NN=Cc1ccc([N+](=O)[O-])cc1. The van der Waals surface area contributed by atoms with Gasteiger partial charge in [0.15, 0.2) is 0 Å². The number of non-ortho nitro benzene ring substituents is 1. The first-order valence-corrected chi connectivity index (χ1v) is 5.75. The summed E-state index contributed by atoms with van der Waals surface area (Å²) in [6.07, 6.45) is 1.47. The number of aliphatic carboxylic acids is 1. The van der Waals surface area contributed by atoms with Gasteiger partial charge in [0, 0.05) is 19.1 Å². The molecule has 0 unspecified atom stereocenters. The molecular formula is C10H12BrN5O4. The summed E-state index contributed by atoms with van der Waals surface area (Å²) in [7, 11) is 0. The van der Waals surface area contributed by atoms with E-state index in [1.54, 1.807) is 12.1 Å². The first kappa shape index (κ1) is 17.5. The van der Waals surface area contributed by atoms with Gasteiger partial charge in [0.25, 0.3) is 11.7 Å². The number of hydrogen-bond acceptors (Lipinski definition) is 5. The first-order valence-electron chi connectivity index (χ1n) is 5.04. The molecule has 10 heteroatoms. The minimum atomic E-state index is -0.833. The molecule has 0 aliphatic carbocycles. The van der Waals surface area contributed by atoms with E-state index < -0.39 is 10.9 Å². The molecule has 20 heavy (non-hydrogen) atoms. The van der Waals surface area contributed by atoms with Gasteiger partial charge in [0.1, 0.15) is 0 Å². The molecule has 0 heterocycles. The number of hydrazone groups is 1. The van der Waals surface area contributed by atoms with E-state index in [4.69, 9.17) is 15.6 Å². The van der Waals surface area contributed by atoms with E-state index >= 15 is 0 Å². The van der Waals surface area contributed by atoms with E-state index in [1.165, 1.54) is 18.3 Å². The van der Waals surface area contributed by atoms with Crippen molar-refractivity contribution < 1.29 is 14.8 Å². The van der Waals surface area contributed by atoms with Crippen molar-refractivity contribution in [2.45, 2.75) is 6.92 Å². The van der Waals surface area contributed by atoms with Crippen LogP contribution >= 0.6 is 16.1 Å². The molecule has 0 bridgehead atoms. The maximum atomic E-state index is 10.4. The zero-order chi connectivity index (χ0) is 15.5. The number of nitrogens with zero attached hydrogens (tertiary/aromatic N) is 3. The zero-order valence-electron chi connectivity index (χ0n) is 10.4. The largest absolute Gasteiger partial charge is 0.481 e. The molecule has 4 N–H and O–H groups in total. The molecule has 0 amide bonds. The molecular weight excluding hydrogens is 334 g/mol. The van der Waals surface area contributed by atoms with Crippen LogP contribution in [0.1, 0.15) is 12.5 Å². The van der Waals surface area contributed by atoms with Crippen LogP contribution in [0.25, 0.3) is 0 Å². The normalized spacial score (nSPS) is 10.6. The maximum absolute atomic E-state index is 10.4. The molecule has 0 aromatic heterocycles. The smallest absolute Gasteiger partial charge is 0.300 e. The summed E-state index contributed by atoms with van der Waals surface area (Å²) in [4.78, 5) is 18.9. The fourth-order valence-corrected chi connectivity index (χ4v) is 0.953. The van der Waals surface area contributed by atoms with Crippen LogP contribution < -0.4 is 11.2 Å². The van der Waals surface area contributed by atoms with Crippen molar-refractivity contribution >= 4 is 40.0 Å². The average Bonchev–Trinajstić information content (AvgIpc) is 2.38. The summed E-state index contributed by atoms with van der Waals surface area (Å²) in [5, 5.41) is 21.5. The highest BCUT2D eigenvalue weighted by Crippen LogP contribution is 2.10. The second-order valence-electron chi connectivity index (χ2n) is 3.21. The summed E-state index contributed by atoms with van der Waals surface area (Å²) in [5.74, 6) is -0.724. The number of nitrogens with one attached hydrogen (secondary N) is 1. The van der Waals surface area contributed by atoms with E-state index in [1.807, 2.05) is 0 Å². The topological polar surface area (TPSA) is 143 Å². The van der Waals surface area contributed by atoms with Gasteiger partial charge in [0.05, 0.1) is 27.3 Å². The van der Waals surface area contributed by atoms with Crippen molar-refractivity contribution in [3.05, 3.63) is 39.9 Å². The Morgan fingerprint density at radius 1 is 1.50 bits per heavy atom. The number of carbonyl (C=O) groups is 1. The molecule has 0 aliphatic rings. The number of halogens is 1. The molecule has 0 saturated carbocycles. The van der Waals surface area contributed by atoms with Gasteiger partial charge in [-0.25, -0.2) is 5.43 Å². The van der Waals surface area contributed by atoms with Crippen molar-refractivity contribution in [1.29, 1.82) is 0 Å². The monoisotopic (exact) mass is 345 g/mol. The lowest BCUT2D eigenvalue weighted by Crippen LogP contribution is -2.26. The number of benzene rings is 1. The van der Waals surface area contributed by atoms with E-state index in [9.17, 15) is 10.1 Å². The van der Waals surface area contributed by atoms with E-state index in [2.05, 4.69) is 30.7 Å². The second kappa shape index (κ2) is 9.44. The lowest BCUT2D eigenvalue weighted by molar-refractivity contribution is -0.384. The van der Waals surface area contributed by atoms with Crippen LogP contribution in [0.2, 0.25) is 0 Å². The number of nitrogens with two attached hydrogens (primary N) is 1. The third-order valence-electron chi connectivity index (χ3n) is 1.59. The number of nitro benzene ring substituents is 1. The standard InChI is InChI=1S/C8H8BrN5O2.C2H4O2/c9-12-8(10)13-11-5-6-1-3-7(4-2-6)14(15)16;1-2(3)4/h1-5H,(H3,10,12,13);1H3,(H,3,4). The lowest BCUT2D eigenvalue weighted by atomic mass is 10.2. The highest BCUT2D eigenvalue weighted by atomic mass is 79.9. The minimum Gasteiger partial charge on any atom is -0.481 e. The zero-order valence-corrected chi connectivity index (χ0v) is 11.9. The number of guanidine groups is 1. The Morgan fingerprint density at radius 3 is 2.40 bits per heavy atom. The highest BCUT2D eigenvalue weighted by Gasteiger charge is 2.02. The van der Waals surface area contributed by atoms with Gasteiger partial charge >= 0.3 is 0 Å². The summed E-state index contributed by atoms with van der Waals surface area (Å²) in [5.41, 5.74) is 8.47. The minimum absolute atomic E-state index is 0.0339. The Hall–Kier alpha value is -2.49. The predicted octanol–water partition coefficient (Wildman–Crippen LogP) is 1.23. The third kappa shape index (κ3) is 8.58. The quantitative estimate of drug-likeness (QED) is 0.325. The molecule has 9 nitrogen and oxygen atoms in total. The van der Waals surface area contributed by atoms with Crippen molar-refractivity contribution in [2.24, 2.45) is 14.9 Å². The van der Waals surface area contributed by atoms with Gasteiger partial charge in [-0.3, -0.25) is 14.9 Å². The van der Waals surface area contributed by atoms with Crippen LogP contribution in [-0.2, 0) is 4.79 Å². The Labute approximate surface area is 122 Å². The molecule has 0 atom stereocenters. The van der Waals surface area contributed by atoms with E-state index in [0.717, 1.165) is 6.92 Å². The number of rotatable bonds is 3. The van der Waals surface area contributed by atoms with Gasteiger partial charge in [0.2, 0.25) is 5.96 Å². The van der Waals surface area contributed by atoms with Crippen LogP contribution in [0, 0.1) is 10.1 Å². The summed E-state index contributed by atoms with van der Waals surface area (Å²) in [6.45, 7) is 1.08. The molecule has 0 radical (unpaired) electrons. The molecule has 1 aromatic rings. The molecule has 1 rings (SSSR count). The molecule has 108 valence electrons. The van der Waals surface area contributed by atoms with Gasteiger partial charge in [-0.05, 0) is 17.7 Å². The summed E-state index contributed by atoms with van der Waals surface area (Å²) < 4.78 is 3.45. The number of carboxylic acids is 1. The van der Waals surface area contributed by atoms with Gasteiger partial charge in [-0.15, -0.1) is 0 Å². The van der Waals surface area contributed by atoms with Crippen molar-refractivity contribution in [3.63, 3.8) is 0 Å². The van der Waals surface area contributed by atoms with Crippen LogP contribution in [0.3, 0.4) is 0 Å². The number of carboxylic acid groups (broad SMARTS) is 1. The van der Waals surface area contributed by atoms with Crippen LogP contribution in [-0.4, -0.2) is 28.2 Å². The predicted molar refractivity (Wildman–Crippen MR) is 77.7 cm³/mol. The van der Waals surface area contributed by atoms with Gasteiger partial charge in [-0.2, -0.15) is 9.12 Å². The van der Waals surface area contributed by atoms with Gasteiger partial charge in [-0.1, -0.05) is 0 Å². The Morgan fingerprint density at radius 2 is 2.00 bits per heavy atom. The van der Waals surface area contributed by atoms with Crippen molar-refractivity contribution in [3.8, 4) is 0 Å². The molecule has 0 aliphatic heterocycles. The van der Waals surface area contributed by atoms with Crippen LogP contribution in [0.5, 0.6) is 0 Å². The first-order chi connectivity index (χ1) is 9.36. The lowest BCUT2D eigenvalue weighted by Gasteiger charge is -1.95. The van der Waals surface area contributed by atoms with Crippen molar-refractivity contribution in [1.82, 2.24) is 5.43 Å². The van der Waals surface area contributed by atoms with Gasteiger partial charge < -0.3 is 10.8 Å². The number of hydrogen-bond donors (Lipinski definition) is 3. The Kier molecular flexibility index (Phi) is 8.27. The fourth-order valence-electron chi connectivity index (χ4n) is 0.874. The van der Waals surface area contributed by atoms with Crippen LogP contribution in [0.15, 0.2) is 33.4 Å². The highest BCUT2D eigenvalue weighted by molar-refractivity contribution is 9.08. The summed E-state index contributed by atoms with van der Waals surface area (Å²) >= 11 is 2.78. The Bertz CT molecular complexity index is 511. The van der Waals surface area contributed by atoms with E-state index in [0.29, 0.717) is 5.56 Å². The maximum Gasteiger partial charge on any atom is 0.300 e. The molecule has 1 aromatic carbocycles. The number of nitro groups is 1. The summed E-state index contributed by atoms with van der Waals surface area (Å²) in [6, 6.07) is 5.93. The van der Waals surface area contributed by atoms with Crippen molar-refractivity contribution in [2.75, 3.05) is 0 Å². The second-order valence-corrected chi connectivity index (χ2v) is 3.56. The van der Waals surface area contributed by atoms with Crippen LogP contribution in [0.4, 0.5) is 5.69 Å². The van der Waals surface area contributed by atoms with E-state index in [-0.39, 0.29) is 11.6 Å². The molecule has 0 fully saturated rings. The third-order valence-corrected chi connectivity index (χ3v) is 1.97. The Balaban J connectivity index is 0.000000796.